The summed E-state index contributed by atoms with van der Waals surface area (Å²) >= 11 is 0. The Morgan fingerprint density at radius 1 is 1.03 bits per heavy atom. The van der Waals surface area contributed by atoms with E-state index in [0.29, 0.717) is 12.0 Å². The molecule has 158 valence electrons. The lowest BCUT2D eigenvalue weighted by Gasteiger charge is -2.29. The Balaban J connectivity index is 1.40. The van der Waals surface area contributed by atoms with Crippen molar-refractivity contribution in [2.45, 2.75) is 38.3 Å². The van der Waals surface area contributed by atoms with Gasteiger partial charge in [-0.25, -0.2) is 4.98 Å². The van der Waals surface area contributed by atoms with Crippen LogP contribution in [-0.2, 0) is 6.54 Å². The first-order chi connectivity index (χ1) is 14.1. The molecule has 0 saturated heterocycles. The predicted molar refractivity (Wildman–Crippen MR) is 117 cm³/mol. The molecule has 2 N–H and O–H groups in total. The second-order valence-electron chi connectivity index (χ2n) is 7.82. The molecule has 1 saturated carbocycles. The van der Waals surface area contributed by atoms with Crippen LogP contribution in [0.3, 0.4) is 0 Å². The number of aromatic nitrogens is 2. The minimum Gasteiger partial charge on any atom is -0.493 e. The van der Waals surface area contributed by atoms with Gasteiger partial charge in [0, 0.05) is 32.9 Å². The molecule has 1 aliphatic rings. The van der Waals surface area contributed by atoms with Gasteiger partial charge in [-0.05, 0) is 61.9 Å². The molecule has 0 radical (unpaired) electrons. The van der Waals surface area contributed by atoms with Gasteiger partial charge < -0.3 is 25.0 Å². The number of benzene rings is 1. The first-order valence-electron chi connectivity index (χ1n) is 10.3. The Bertz CT molecular complexity index is 776. The molecule has 0 atom stereocenters. The van der Waals surface area contributed by atoms with Gasteiger partial charge in [-0.1, -0.05) is 6.07 Å². The van der Waals surface area contributed by atoms with E-state index in [2.05, 4.69) is 26.7 Å². The SMILES string of the molecule is COc1ccc(CNCC2CCC(Nc3nccc(N(C)C)n3)CC2)cc1OC. The summed E-state index contributed by atoms with van der Waals surface area (Å²) in [5.41, 5.74) is 1.20. The molecular formula is C22H33N5O2. The van der Waals surface area contributed by atoms with Crippen LogP contribution in [0, 0.1) is 5.92 Å². The van der Waals surface area contributed by atoms with Gasteiger partial charge in [-0.3, -0.25) is 0 Å². The van der Waals surface area contributed by atoms with Crippen LogP contribution in [0.4, 0.5) is 11.8 Å². The second kappa shape index (κ2) is 10.3. The predicted octanol–water partition coefficient (Wildman–Crippen LogP) is 3.32. The number of hydrogen-bond donors (Lipinski definition) is 2. The summed E-state index contributed by atoms with van der Waals surface area (Å²) in [6.07, 6.45) is 6.54. The Labute approximate surface area is 173 Å². The molecular weight excluding hydrogens is 366 g/mol. The standard InChI is InChI=1S/C22H33N5O2/c1-27(2)21-11-12-24-22(26-21)25-18-8-5-16(6-9-18)14-23-15-17-7-10-19(28-3)20(13-17)29-4/h7,10-13,16,18,23H,5-6,8-9,14-15H2,1-4H3,(H,24,25,26). The molecule has 7 nitrogen and oxygen atoms in total. The van der Waals surface area contributed by atoms with Crippen LogP contribution in [0.2, 0.25) is 0 Å². The quantitative estimate of drug-likeness (QED) is 0.670. The number of ether oxygens (including phenoxy) is 2. The van der Waals surface area contributed by atoms with Crippen molar-refractivity contribution in [2.75, 3.05) is 45.1 Å². The van der Waals surface area contributed by atoms with Crippen LogP contribution >= 0.6 is 0 Å². The fourth-order valence-electron chi connectivity index (χ4n) is 3.77. The molecule has 1 heterocycles. The Morgan fingerprint density at radius 2 is 1.79 bits per heavy atom. The third-order valence-electron chi connectivity index (χ3n) is 5.49. The van der Waals surface area contributed by atoms with Gasteiger partial charge in [-0.2, -0.15) is 4.98 Å². The highest BCUT2D eigenvalue weighted by molar-refractivity contribution is 5.43. The van der Waals surface area contributed by atoms with Crippen molar-refractivity contribution in [1.29, 1.82) is 0 Å². The lowest BCUT2D eigenvalue weighted by molar-refractivity contribution is 0.323. The molecule has 7 heteroatoms. The molecule has 1 aliphatic carbocycles. The average Bonchev–Trinajstić information content (AvgIpc) is 2.75. The maximum atomic E-state index is 5.38. The third kappa shape index (κ3) is 5.97. The molecule has 1 aromatic carbocycles. The van der Waals surface area contributed by atoms with Crippen molar-refractivity contribution >= 4 is 11.8 Å². The summed E-state index contributed by atoms with van der Waals surface area (Å²) in [6, 6.07) is 8.45. The van der Waals surface area contributed by atoms with Crippen molar-refractivity contribution < 1.29 is 9.47 Å². The molecule has 0 aliphatic heterocycles. The summed E-state index contributed by atoms with van der Waals surface area (Å²) in [5.74, 6) is 3.91. The highest BCUT2D eigenvalue weighted by atomic mass is 16.5. The van der Waals surface area contributed by atoms with Crippen molar-refractivity contribution in [3.63, 3.8) is 0 Å². The van der Waals surface area contributed by atoms with E-state index in [4.69, 9.17) is 9.47 Å². The van der Waals surface area contributed by atoms with Crippen LogP contribution in [0.5, 0.6) is 11.5 Å². The zero-order chi connectivity index (χ0) is 20.6. The topological polar surface area (TPSA) is 71.5 Å². The third-order valence-corrected chi connectivity index (χ3v) is 5.49. The number of methoxy groups -OCH3 is 2. The van der Waals surface area contributed by atoms with Crippen molar-refractivity contribution in [3.8, 4) is 11.5 Å². The molecule has 0 unspecified atom stereocenters. The van der Waals surface area contributed by atoms with Crippen molar-refractivity contribution in [3.05, 3.63) is 36.0 Å². The van der Waals surface area contributed by atoms with E-state index in [1.165, 1.54) is 18.4 Å². The van der Waals surface area contributed by atoms with E-state index in [1.54, 1.807) is 14.2 Å². The summed E-state index contributed by atoms with van der Waals surface area (Å²) in [7, 11) is 7.31. The maximum absolute atomic E-state index is 5.38. The molecule has 2 aromatic rings. The van der Waals surface area contributed by atoms with E-state index in [-0.39, 0.29) is 0 Å². The fraction of sp³-hybridized carbons (Fsp3) is 0.545. The zero-order valence-corrected chi connectivity index (χ0v) is 17.9. The molecule has 0 amide bonds. The maximum Gasteiger partial charge on any atom is 0.224 e. The molecule has 3 rings (SSSR count). The Morgan fingerprint density at radius 3 is 2.48 bits per heavy atom. The average molecular weight is 400 g/mol. The van der Waals surface area contributed by atoms with Gasteiger partial charge in [-0.15, -0.1) is 0 Å². The number of hydrogen-bond acceptors (Lipinski definition) is 7. The minimum absolute atomic E-state index is 0.453. The van der Waals surface area contributed by atoms with Crippen LogP contribution < -0.4 is 25.0 Å². The highest BCUT2D eigenvalue weighted by Crippen LogP contribution is 2.28. The van der Waals surface area contributed by atoms with Crippen LogP contribution in [0.15, 0.2) is 30.5 Å². The monoisotopic (exact) mass is 399 g/mol. The summed E-state index contributed by atoms with van der Waals surface area (Å²) in [6.45, 7) is 1.87. The first kappa shape index (κ1) is 21.2. The highest BCUT2D eigenvalue weighted by Gasteiger charge is 2.21. The Kier molecular flexibility index (Phi) is 7.52. The molecule has 1 aromatic heterocycles. The lowest BCUT2D eigenvalue weighted by Crippen LogP contribution is -2.31. The van der Waals surface area contributed by atoms with E-state index < -0.39 is 0 Å². The van der Waals surface area contributed by atoms with Crippen LogP contribution in [0.25, 0.3) is 0 Å². The van der Waals surface area contributed by atoms with Crippen molar-refractivity contribution in [2.24, 2.45) is 5.92 Å². The van der Waals surface area contributed by atoms with Gasteiger partial charge >= 0.3 is 0 Å². The largest absolute Gasteiger partial charge is 0.493 e. The van der Waals surface area contributed by atoms with Gasteiger partial charge in [0.2, 0.25) is 5.95 Å². The summed E-state index contributed by atoms with van der Waals surface area (Å²) in [5, 5.41) is 7.10. The van der Waals surface area contributed by atoms with Crippen molar-refractivity contribution in [1.82, 2.24) is 15.3 Å². The van der Waals surface area contributed by atoms with E-state index in [9.17, 15) is 0 Å². The Hall–Kier alpha value is -2.54. The second-order valence-corrected chi connectivity index (χ2v) is 7.82. The number of anilines is 2. The molecule has 0 bridgehead atoms. The van der Waals surface area contributed by atoms with Gasteiger partial charge in [0.05, 0.1) is 14.2 Å². The van der Waals surface area contributed by atoms with Crippen LogP contribution in [0.1, 0.15) is 31.2 Å². The molecule has 29 heavy (non-hydrogen) atoms. The summed E-state index contributed by atoms with van der Waals surface area (Å²) < 4.78 is 10.7. The smallest absolute Gasteiger partial charge is 0.224 e. The lowest BCUT2D eigenvalue weighted by atomic mass is 9.86. The van der Waals surface area contributed by atoms with E-state index in [1.807, 2.05) is 43.4 Å². The van der Waals surface area contributed by atoms with E-state index >= 15 is 0 Å². The fourth-order valence-corrected chi connectivity index (χ4v) is 3.77. The van der Waals surface area contributed by atoms with E-state index in [0.717, 1.165) is 49.2 Å². The zero-order valence-electron chi connectivity index (χ0n) is 17.9. The summed E-state index contributed by atoms with van der Waals surface area (Å²) in [4.78, 5) is 10.9. The van der Waals surface area contributed by atoms with Gasteiger partial charge in [0.15, 0.2) is 11.5 Å². The number of rotatable bonds is 9. The first-order valence-corrected chi connectivity index (χ1v) is 10.3. The number of nitrogens with one attached hydrogen (secondary N) is 2. The van der Waals surface area contributed by atoms with Crippen LogP contribution in [-0.4, -0.2) is 50.9 Å². The molecule has 1 fully saturated rings. The molecule has 0 spiro atoms. The van der Waals surface area contributed by atoms with Gasteiger partial charge in [0.25, 0.3) is 0 Å². The minimum atomic E-state index is 0.453. The normalized spacial score (nSPS) is 18.9. The number of nitrogens with zero attached hydrogens (tertiary/aromatic N) is 3. The van der Waals surface area contributed by atoms with Gasteiger partial charge in [0.1, 0.15) is 5.82 Å².